The molecule has 1 aromatic carbocycles. The number of carbonyl (C=O) groups excluding carboxylic acids is 1. The summed E-state index contributed by atoms with van der Waals surface area (Å²) in [6.07, 6.45) is 1.42. The zero-order valence-corrected chi connectivity index (χ0v) is 16.3. The number of nitrogens with zero attached hydrogens (tertiary/aromatic N) is 3. The van der Waals surface area contributed by atoms with Crippen LogP contribution in [0.2, 0.25) is 10.0 Å². The summed E-state index contributed by atoms with van der Waals surface area (Å²) in [4.78, 5) is 20.8. The topological polar surface area (TPSA) is 83.6 Å². The van der Waals surface area contributed by atoms with Crippen molar-refractivity contribution in [2.24, 2.45) is 0 Å². The second-order valence-electron chi connectivity index (χ2n) is 5.57. The van der Waals surface area contributed by atoms with Gasteiger partial charge in [-0.05, 0) is 19.9 Å². The maximum absolute atomic E-state index is 12.3. The predicted octanol–water partition coefficient (Wildman–Crippen LogP) is 4.60. The third kappa shape index (κ3) is 4.55. The van der Waals surface area contributed by atoms with E-state index in [0.717, 1.165) is 5.56 Å². The van der Waals surface area contributed by atoms with Crippen molar-refractivity contribution in [2.75, 3.05) is 5.32 Å². The van der Waals surface area contributed by atoms with Gasteiger partial charge in [-0.2, -0.15) is 0 Å². The molecule has 0 fully saturated rings. The second-order valence-corrected chi connectivity index (χ2v) is 7.72. The number of aromatic amines is 1. The molecule has 9 heteroatoms. The van der Waals surface area contributed by atoms with Gasteiger partial charge in [-0.3, -0.25) is 9.89 Å². The van der Waals surface area contributed by atoms with E-state index >= 15 is 0 Å². The molecule has 0 saturated heterocycles. The van der Waals surface area contributed by atoms with Crippen LogP contribution in [0.5, 0.6) is 0 Å². The van der Waals surface area contributed by atoms with Crippen LogP contribution >= 0.6 is 35.0 Å². The van der Waals surface area contributed by atoms with Gasteiger partial charge in [0.15, 0.2) is 11.6 Å². The molecule has 0 aliphatic carbocycles. The molecule has 2 aromatic heterocycles. The lowest BCUT2D eigenvalue weighted by atomic mass is 10.1. The van der Waals surface area contributed by atoms with Crippen molar-refractivity contribution in [1.29, 1.82) is 0 Å². The molecular weight excluding hydrogens is 393 g/mol. The van der Waals surface area contributed by atoms with Crippen molar-refractivity contribution in [3.05, 3.63) is 52.1 Å². The van der Waals surface area contributed by atoms with Crippen LogP contribution in [0.15, 0.2) is 41.7 Å². The van der Waals surface area contributed by atoms with E-state index in [4.69, 9.17) is 23.2 Å². The van der Waals surface area contributed by atoms with Gasteiger partial charge in [-0.25, -0.2) is 9.97 Å². The van der Waals surface area contributed by atoms with Gasteiger partial charge in [-0.1, -0.05) is 64.8 Å². The fraction of sp³-hybridized carbons (Fsp3) is 0.176. The summed E-state index contributed by atoms with van der Waals surface area (Å²) in [5.41, 5.74) is 2.10. The lowest BCUT2D eigenvalue weighted by Gasteiger charge is -2.10. The molecule has 3 aromatic rings. The number of thioether (sulfide) groups is 1. The molecule has 6 nitrogen and oxygen atoms in total. The molecule has 0 spiro atoms. The highest BCUT2D eigenvalue weighted by molar-refractivity contribution is 8.00. The normalized spacial score (nSPS) is 12.0. The van der Waals surface area contributed by atoms with Crippen LogP contribution in [0, 0.1) is 6.92 Å². The van der Waals surface area contributed by atoms with Crippen molar-refractivity contribution in [1.82, 2.24) is 20.2 Å². The lowest BCUT2D eigenvalue weighted by Crippen LogP contribution is -2.23. The number of nitrogens with one attached hydrogen (secondary N) is 2. The van der Waals surface area contributed by atoms with Crippen LogP contribution in [0.3, 0.4) is 0 Å². The Hall–Kier alpha value is -2.09. The van der Waals surface area contributed by atoms with Crippen LogP contribution < -0.4 is 5.32 Å². The Bertz CT molecular complexity index is 929. The Morgan fingerprint density at radius 1 is 1.27 bits per heavy atom. The predicted molar refractivity (Wildman–Crippen MR) is 105 cm³/mol. The molecule has 0 aliphatic heterocycles. The number of halogens is 2. The molecule has 0 aliphatic rings. The number of pyridine rings is 1. The molecule has 1 amide bonds. The summed E-state index contributed by atoms with van der Waals surface area (Å²) in [7, 11) is 0. The number of hydrogen-bond acceptors (Lipinski definition) is 5. The summed E-state index contributed by atoms with van der Waals surface area (Å²) in [5.74, 6) is 0.666. The van der Waals surface area contributed by atoms with Gasteiger partial charge in [0.2, 0.25) is 11.1 Å². The van der Waals surface area contributed by atoms with Gasteiger partial charge in [-0.15, -0.1) is 5.10 Å². The highest BCUT2D eigenvalue weighted by Crippen LogP contribution is 2.26. The van der Waals surface area contributed by atoms with Crippen LogP contribution in [0.4, 0.5) is 5.82 Å². The first kappa shape index (κ1) is 18.7. The van der Waals surface area contributed by atoms with Crippen molar-refractivity contribution < 1.29 is 4.79 Å². The fourth-order valence-corrected chi connectivity index (χ4v) is 3.23. The number of rotatable bonds is 5. The molecule has 134 valence electrons. The number of amides is 1. The zero-order valence-electron chi connectivity index (χ0n) is 14.0. The van der Waals surface area contributed by atoms with Crippen molar-refractivity contribution in [3.63, 3.8) is 0 Å². The van der Waals surface area contributed by atoms with Crippen molar-refractivity contribution >= 4 is 46.7 Å². The molecule has 1 atom stereocenters. The second kappa shape index (κ2) is 8.07. The summed E-state index contributed by atoms with van der Waals surface area (Å²) in [6, 6.07) is 9.46. The molecule has 0 bridgehead atoms. The number of aromatic nitrogens is 4. The Kier molecular flexibility index (Phi) is 5.80. The Balaban J connectivity index is 1.65. The van der Waals surface area contributed by atoms with E-state index in [1.165, 1.54) is 29.6 Å². The Labute approximate surface area is 164 Å². The maximum atomic E-state index is 12.3. The average Bonchev–Trinajstić information content (AvgIpc) is 3.06. The number of benzene rings is 1. The molecule has 0 unspecified atom stereocenters. The first-order valence-electron chi connectivity index (χ1n) is 7.70. The molecule has 26 heavy (non-hydrogen) atoms. The summed E-state index contributed by atoms with van der Waals surface area (Å²) in [6.45, 7) is 3.78. The zero-order chi connectivity index (χ0) is 18.7. The summed E-state index contributed by atoms with van der Waals surface area (Å²) in [5, 5.41) is 10.5. The van der Waals surface area contributed by atoms with Crippen molar-refractivity contribution in [2.45, 2.75) is 24.3 Å². The maximum Gasteiger partial charge on any atom is 0.238 e. The monoisotopic (exact) mass is 407 g/mol. The smallest absolute Gasteiger partial charge is 0.238 e. The van der Waals surface area contributed by atoms with E-state index < -0.39 is 5.25 Å². The summed E-state index contributed by atoms with van der Waals surface area (Å²) < 4.78 is 0. The molecule has 2 N–H and O–H groups in total. The van der Waals surface area contributed by atoms with E-state index in [1.807, 2.05) is 31.2 Å². The number of hydrogen-bond donors (Lipinski definition) is 2. The number of aryl methyl sites for hydroxylation is 1. The Morgan fingerprint density at radius 3 is 2.69 bits per heavy atom. The Morgan fingerprint density at radius 2 is 2.00 bits per heavy atom. The minimum atomic E-state index is -0.440. The van der Waals surface area contributed by atoms with Gasteiger partial charge < -0.3 is 5.32 Å². The van der Waals surface area contributed by atoms with Crippen LogP contribution in [-0.4, -0.2) is 31.3 Å². The molecule has 3 rings (SSSR count). The van der Waals surface area contributed by atoms with Crippen LogP contribution in [0.25, 0.3) is 11.4 Å². The molecule has 0 saturated carbocycles. The molecule has 2 heterocycles. The summed E-state index contributed by atoms with van der Waals surface area (Å²) >= 11 is 13.1. The molecule has 0 radical (unpaired) electrons. The number of anilines is 1. The van der Waals surface area contributed by atoms with E-state index in [9.17, 15) is 4.79 Å². The van der Waals surface area contributed by atoms with Gasteiger partial charge in [0.25, 0.3) is 0 Å². The van der Waals surface area contributed by atoms with Gasteiger partial charge in [0, 0.05) is 11.8 Å². The average molecular weight is 408 g/mol. The standard InChI is InChI=1S/C17H15Cl2N5OS/c1-9-3-5-11(6-4-9)14-22-17(24-23-14)26-10(2)16(25)21-15-13(19)7-12(18)8-20-15/h3-8,10H,1-2H3,(H,20,21,25)(H,22,23,24)/t10-/m1/s1. The van der Waals surface area contributed by atoms with E-state index in [0.29, 0.717) is 16.0 Å². The van der Waals surface area contributed by atoms with Crippen LogP contribution in [-0.2, 0) is 4.79 Å². The van der Waals surface area contributed by atoms with Gasteiger partial charge in [0.1, 0.15) is 0 Å². The number of H-pyrrole nitrogens is 1. The number of carbonyl (C=O) groups is 1. The third-order valence-corrected chi connectivity index (χ3v) is 4.95. The minimum Gasteiger partial charge on any atom is -0.308 e. The first-order chi connectivity index (χ1) is 12.4. The highest BCUT2D eigenvalue weighted by atomic mass is 35.5. The van der Waals surface area contributed by atoms with Crippen LogP contribution in [0.1, 0.15) is 12.5 Å². The lowest BCUT2D eigenvalue weighted by molar-refractivity contribution is -0.115. The van der Waals surface area contributed by atoms with Gasteiger partial charge >= 0.3 is 0 Å². The van der Waals surface area contributed by atoms with Crippen molar-refractivity contribution in [3.8, 4) is 11.4 Å². The first-order valence-corrected chi connectivity index (χ1v) is 9.34. The van der Waals surface area contributed by atoms with E-state index in [-0.39, 0.29) is 16.7 Å². The fourth-order valence-electron chi connectivity index (χ4n) is 2.08. The van der Waals surface area contributed by atoms with E-state index in [1.54, 1.807) is 6.92 Å². The SMILES string of the molecule is Cc1ccc(-c2nc(S[C@H](C)C(=O)Nc3ncc(Cl)cc3Cl)n[nH]2)cc1. The van der Waals surface area contributed by atoms with E-state index in [2.05, 4.69) is 25.5 Å². The third-order valence-electron chi connectivity index (χ3n) is 3.49. The van der Waals surface area contributed by atoms with Gasteiger partial charge in [0.05, 0.1) is 15.3 Å². The largest absolute Gasteiger partial charge is 0.308 e. The minimum absolute atomic E-state index is 0.256. The highest BCUT2D eigenvalue weighted by Gasteiger charge is 2.19. The molecular formula is C17H15Cl2N5OS. The quantitative estimate of drug-likeness (QED) is 0.603.